The molecule has 2 aromatic heterocycles. The van der Waals surface area contributed by atoms with E-state index in [1.54, 1.807) is 11.3 Å². The van der Waals surface area contributed by atoms with Gasteiger partial charge in [-0.15, -0.1) is 0 Å². The van der Waals surface area contributed by atoms with Crippen LogP contribution in [0.15, 0.2) is 16.8 Å². The molecule has 2 aromatic rings. The van der Waals surface area contributed by atoms with E-state index in [2.05, 4.69) is 21.8 Å². The zero-order chi connectivity index (χ0) is 5.40. The van der Waals surface area contributed by atoms with Gasteiger partial charge in [-0.25, -0.2) is 0 Å². The molecule has 0 aliphatic carbocycles. The molecule has 2 heteroatoms. The zero-order valence-electron chi connectivity index (χ0n) is 4.05. The van der Waals surface area contributed by atoms with Crippen LogP contribution in [0.25, 0.3) is 9.65 Å². The van der Waals surface area contributed by atoms with Crippen molar-refractivity contribution >= 4 is 35.5 Å². The van der Waals surface area contributed by atoms with Crippen LogP contribution in [-0.4, -0.2) is 14.5 Å². The summed E-state index contributed by atoms with van der Waals surface area (Å²) in [6.07, 6.45) is 0. The van der Waals surface area contributed by atoms with Gasteiger partial charge in [0, 0.05) is 0 Å². The molecule has 0 fully saturated rings. The molecule has 0 spiro atoms. The fourth-order valence-electron chi connectivity index (χ4n) is 0.640. The Morgan fingerprint density at radius 3 is 3.38 bits per heavy atom. The third kappa shape index (κ3) is 0.575. The summed E-state index contributed by atoms with van der Waals surface area (Å²) >= 11 is 2.32. The van der Waals surface area contributed by atoms with Crippen molar-refractivity contribution in [3.63, 3.8) is 0 Å². The average Bonchev–Trinajstić information content (AvgIpc) is 2.15. The van der Waals surface area contributed by atoms with Gasteiger partial charge in [-0.3, -0.25) is 0 Å². The standard InChI is InChI=1S/C6H3SSe/c1-2-8-6-4-7-3-5(1)6/h1,3-4H. The Morgan fingerprint density at radius 2 is 2.50 bits per heavy atom. The van der Waals surface area contributed by atoms with Crippen LogP contribution in [0, 0.1) is 4.94 Å². The molecule has 0 aliphatic heterocycles. The van der Waals surface area contributed by atoms with Crippen LogP contribution < -0.4 is 0 Å². The molecule has 0 bridgehead atoms. The molecule has 8 heavy (non-hydrogen) atoms. The normalized spacial score (nSPS) is 10.5. The quantitative estimate of drug-likeness (QED) is 0.550. The Labute approximate surface area is 57.5 Å². The fourth-order valence-corrected chi connectivity index (χ4v) is 3.33. The number of hydrogen-bond donors (Lipinski definition) is 0. The van der Waals surface area contributed by atoms with Gasteiger partial charge in [-0.2, -0.15) is 0 Å². The summed E-state index contributed by atoms with van der Waals surface area (Å²) in [7, 11) is 0. The van der Waals surface area contributed by atoms with Gasteiger partial charge in [0.15, 0.2) is 0 Å². The van der Waals surface area contributed by atoms with Gasteiger partial charge >= 0.3 is 57.3 Å². The fraction of sp³-hybridized carbons (Fsp3) is 0. The van der Waals surface area contributed by atoms with Gasteiger partial charge in [0.25, 0.3) is 0 Å². The first-order valence-corrected chi connectivity index (χ1v) is 4.94. The first kappa shape index (κ1) is 4.80. The average molecular weight is 186 g/mol. The Kier molecular flexibility index (Phi) is 1.04. The molecule has 39 valence electrons. The van der Waals surface area contributed by atoms with Crippen molar-refractivity contribution in [2.45, 2.75) is 0 Å². The first-order valence-electron chi connectivity index (χ1n) is 2.28. The number of thiophene rings is 1. The molecule has 1 radical (unpaired) electrons. The Morgan fingerprint density at radius 1 is 1.50 bits per heavy atom. The van der Waals surface area contributed by atoms with E-state index < -0.39 is 0 Å². The van der Waals surface area contributed by atoms with Crippen LogP contribution >= 0.6 is 11.3 Å². The third-order valence-corrected chi connectivity index (χ3v) is 3.83. The summed E-state index contributed by atoms with van der Waals surface area (Å²) in [4.78, 5) is 3.21. The van der Waals surface area contributed by atoms with Gasteiger partial charge in [0.1, 0.15) is 0 Å². The molecule has 0 amide bonds. The van der Waals surface area contributed by atoms with Crippen LogP contribution in [0.5, 0.6) is 0 Å². The van der Waals surface area contributed by atoms with Crippen LogP contribution in [0.1, 0.15) is 0 Å². The van der Waals surface area contributed by atoms with E-state index >= 15 is 0 Å². The SMILES string of the molecule is [c]1cc2cscc2[se]1. The Bertz CT molecular complexity index is 230. The van der Waals surface area contributed by atoms with Crippen molar-refractivity contribution in [1.29, 1.82) is 0 Å². The number of rotatable bonds is 0. The van der Waals surface area contributed by atoms with Crippen molar-refractivity contribution in [2.24, 2.45) is 0 Å². The monoisotopic (exact) mass is 187 g/mol. The van der Waals surface area contributed by atoms with E-state index in [4.69, 9.17) is 0 Å². The van der Waals surface area contributed by atoms with E-state index in [0.29, 0.717) is 14.5 Å². The number of hydrogen-bond acceptors (Lipinski definition) is 1. The van der Waals surface area contributed by atoms with Crippen LogP contribution in [-0.2, 0) is 0 Å². The molecule has 0 saturated carbocycles. The Balaban J connectivity index is 3.06. The second-order valence-electron chi connectivity index (χ2n) is 1.56. The summed E-state index contributed by atoms with van der Waals surface area (Å²) in [5.74, 6) is 0. The molecular weight excluding hydrogens is 183 g/mol. The van der Waals surface area contributed by atoms with Crippen LogP contribution in [0.3, 0.4) is 0 Å². The zero-order valence-corrected chi connectivity index (χ0v) is 6.58. The molecule has 2 heterocycles. The minimum absolute atomic E-state index is 0.537. The van der Waals surface area contributed by atoms with Crippen LogP contribution in [0.4, 0.5) is 0 Å². The van der Waals surface area contributed by atoms with Gasteiger partial charge in [0.05, 0.1) is 0 Å². The van der Waals surface area contributed by atoms with Crippen molar-refractivity contribution in [3.8, 4) is 0 Å². The van der Waals surface area contributed by atoms with E-state index in [1.165, 1.54) is 9.65 Å². The van der Waals surface area contributed by atoms with Crippen molar-refractivity contribution in [2.75, 3.05) is 0 Å². The second kappa shape index (κ2) is 1.73. The van der Waals surface area contributed by atoms with Crippen LogP contribution in [0.2, 0.25) is 0 Å². The van der Waals surface area contributed by atoms with E-state index in [9.17, 15) is 0 Å². The predicted octanol–water partition coefficient (Wildman–Crippen LogP) is 1.76. The second-order valence-corrected chi connectivity index (χ2v) is 4.14. The molecule has 0 N–H and O–H groups in total. The maximum atomic E-state index is 3.21. The summed E-state index contributed by atoms with van der Waals surface area (Å²) in [5.41, 5.74) is 0. The van der Waals surface area contributed by atoms with Gasteiger partial charge < -0.3 is 0 Å². The van der Waals surface area contributed by atoms with Crippen molar-refractivity contribution in [1.82, 2.24) is 0 Å². The Hall–Kier alpha value is -0.0405. The summed E-state index contributed by atoms with van der Waals surface area (Å²) < 4.78 is 1.50. The van der Waals surface area contributed by atoms with Crippen molar-refractivity contribution in [3.05, 3.63) is 21.8 Å². The molecular formula is C6H3SSe. The van der Waals surface area contributed by atoms with E-state index in [-0.39, 0.29) is 0 Å². The third-order valence-electron chi connectivity index (χ3n) is 1.04. The number of fused-ring (bicyclic) bond motifs is 1. The molecule has 0 nitrogen and oxygen atoms in total. The van der Waals surface area contributed by atoms with Gasteiger partial charge in [0.2, 0.25) is 0 Å². The van der Waals surface area contributed by atoms with Gasteiger partial charge in [-0.1, -0.05) is 0 Å². The van der Waals surface area contributed by atoms with Gasteiger partial charge in [-0.05, 0) is 0 Å². The summed E-state index contributed by atoms with van der Waals surface area (Å²) in [6.45, 7) is 0. The molecule has 0 atom stereocenters. The van der Waals surface area contributed by atoms with E-state index in [0.717, 1.165) is 0 Å². The maximum absolute atomic E-state index is 3.21. The molecule has 2 rings (SSSR count). The first-order chi connectivity index (χ1) is 3.97. The molecule has 0 saturated heterocycles. The summed E-state index contributed by atoms with van der Waals surface area (Å²) in [5, 5.41) is 5.79. The summed E-state index contributed by atoms with van der Waals surface area (Å²) in [6, 6.07) is 2.09. The molecule has 0 aromatic carbocycles. The van der Waals surface area contributed by atoms with Crippen molar-refractivity contribution < 1.29 is 0 Å². The molecule has 0 unspecified atom stereocenters. The molecule has 0 aliphatic rings. The topological polar surface area (TPSA) is 0 Å². The van der Waals surface area contributed by atoms with E-state index in [1.807, 2.05) is 0 Å². The predicted molar refractivity (Wildman–Crippen MR) is 37.6 cm³/mol. The minimum atomic E-state index is 0.537.